The van der Waals surface area contributed by atoms with Gasteiger partial charge in [-0.2, -0.15) is 0 Å². The molecular formula is C7H11OP. The van der Waals surface area contributed by atoms with Crippen LogP contribution in [-0.4, -0.2) is 5.16 Å². The quantitative estimate of drug-likeness (QED) is 0.514. The van der Waals surface area contributed by atoms with Crippen LogP contribution in [-0.2, 0) is 4.57 Å². The fraction of sp³-hybridized carbons (Fsp3) is 1.00. The van der Waals surface area contributed by atoms with Crippen LogP contribution in [0.4, 0.5) is 0 Å². The Hall–Kier alpha value is 0.100. The largest absolute Gasteiger partial charge is 0.274 e. The van der Waals surface area contributed by atoms with Gasteiger partial charge in [-0.05, 0) is 38.0 Å². The van der Waals surface area contributed by atoms with Crippen molar-refractivity contribution in [1.29, 1.82) is 0 Å². The topological polar surface area (TPSA) is 17.1 Å². The van der Waals surface area contributed by atoms with Gasteiger partial charge in [0.1, 0.15) is 0 Å². The predicted molar refractivity (Wildman–Crippen MR) is 36.9 cm³/mol. The van der Waals surface area contributed by atoms with Crippen molar-refractivity contribution in [3.8, 4) is 0 Å². The molecule has 2 bridgehead atoms. The molecule has 0 aliphatic heterocycles. The van der Waals surface area contributed by atoms with Gasteiger partial charge in [-0.3, -0.25) is 4.57 Å². The first-order valence-electron chi connectivity index (χ1n) is 3.69. The second-order valence-corrected chi connectivity index (χ2v) is 4.59. The van der Waals surface area contributed by atoms with E-state index in [0.717, 1.165) is 5.92 Å². The molecule has 0 atom stereocenters. The summed E-state index contributed by atoms with van der Waals surface area (Å²) >= 11 is 0. The highest BCUT2D eigenvalue weighted by Gasteiger charge is 2.45. The molecule has 2 fully saturated rings. The standard InChI is InChI=1S/C7H11OP/c8-9-7-3-1-6(5-7)2-4-7/h6H,1-5H2. The fourth-order valence-electron chi connectivity index (χ4n) is 2.29. The van der Waals surface area contributed by atoms with Crippen molar-refractivity contribution in [2.45, 2.75) is 37.3 Å². The third-order valence-electron chi connectivity index (χ3n) is 2.90. The van der Waals surface area contributed by atoms with Crippen LogP contribution >= 0.6 is 8.46 Å². The number of fused-ring (bicyclic) bond motifs is 2. The van der Waals surface area contributed by atoms with E-state index in [0.29, 0.717) is 8.46 Å². The maximum absolute atomic E-state index is 10.7. The summed E-state index contributed by atoms with van der Waals surface area (Å²) in [5.41, 5.74) is 0. The monoisotopic (exact) mass is 142 g/mol. The molecule has 0 unspecified atom stereocenters. The Morgan fingerprint density at radius 3 is 2.22 bits per heavy atom. The van der Waals surface area contributed by atoms with Gasteiger partial charge in [0.05, 0.1) is 5.16 Å². The maximum Gasteiger partial charge on any atom is 0.162 e. The van der Waals surface area contributed by atoms with E-state index in [2.05, 4.69) is 0 Å². The Morgan fingerprint density at radius 1 is 1.33 bits per heavy atom. The Morgan fingerprint density at radius 2 is 2.00 bits per heavy atom. The molecule has 0 aromatic rings. The van der Waals surface area contributed by atoms with E-state index in [9.17, 15) is 4.57 Å². The lowest BCUT2D eigenvalue weighted by molar-refractivity contribution is 0.487. The minimum absolute atomic E-state index is 0.269. The second-order valence-electron chi connectivity index (χ2n) is 3.46. The summed E-state index contributed by atoms with van der Waals surface area (Å²) in [4.78, 5) is 0. The van der Waals surface area contributed by atoms with Crippen LogP contribution in [0.25, 0.3) is 0 Å². The molecule has 0 radical (unpaired) electrons. The molecule has 0 aromatic heterocycles. The fourth-order valence-corrected chi connectivity index (χ4v) is 3.06. The van der Waals surface area contributed by atoms with Crippen molar-refractivity contribution in [2.75, 3.05) is 0 Å². The van der Waals surface area contributed by atoms with Gasteiger partial charge in [0, 0.05) is 0 Å². The molecule has 0 saturated heterocycles. The van der Waals surface area contributed by atoms with Crippen LogP contribution < -0.4 is 0 Å². The van der Waals surface area contributed by atoms with E-state index < -0.39 is 0 Å². The van der Waals surface area contributed by atoms with E-state index in [1.165, 1.54) is 32.1 Å². The zero-order valence-corrected chi connectivity index (χ0v) is 6.36. The third-order valence-corrected chi connectivity index (χ3v) is 3.92. The lowest BCUT2D eigenvalue weighted by atomic mass is 10.0. The van der Waals surface area contributed by atoms with E-state index in [1.807, 2.05) is 0 Å². The molecule has 2 rings (SSSR count). The molecule has 2 heteroatoms. The van der Waals surface area contributed by atoms with Crippen molar-refractivity contribution in [3.63, 3.8) is 0 Å². The van der Waals surface area contributed by atoms with Crippen LogP contribution in [0.1, 0.15) is 32.1 Å². The van der Waals surface area contributed by atoms with E-state index in [-0.39, 0.29) is 5.16 Å². The summed E-state index contributed by atoms with van der Waals surface area (Å²) in [6, 6.07) is 0. The van der Waals surface area contributed by atoms with E-state index in [1.54, 1.807) is 0 Å². The molecule has 0 heterocycles. The van der Waals surface area contributed by atoms with Crippen molar-refractivity contribution in [1.82, 2.24) is 0 Å². The molecule has 2 aliphatic carbocycles. The van der Waals surface area contributed by atoms with Crippen LogP contribution in [0.15, 0.2) is 0 Å². The molecule has 2 aliphatic rings. The van der Waals surface area contributed by atoms with Crippen LogP contribution in [0.2, 0.25) is 0 Å². The molecular weight excluding hydrogens is 131 g/mol. The smallest absolute Gasteiger partial charge is 0.162 e. The maximum atomic E-state index is 10.7. The van der Waals surface area contributed by atoms with Crippen molar-refractivity contribution < 1.29 is 4.57 Å². The van der Waals surface area contributed by atoms with Gasteiger partial charge >= 0.3 is 0 Å². The zero-order chi connectivity index (χ0) is 6.32. The summed E-state index contributed by atoms with van der Waals surface area (Å²) in [5.74, 6) is 0.937. The summed E-state index contributed by atoms with van der Waals surface area (Å²) in [6.45, 7) is 0. The van der Waals surface area contributed by atoms with Gasteiger partial charge in [-0.15, -0.1) is 0 Å². The minimum atomic E-state index is 0.269. The van der Waals surface area contributed by atoms with E-state index >= 15 is 0 Å². The van der Waals surface area contributed by atoms with Gasteiger partial charge in [0.2, 0.25) is 0 Å². The molecule has 9 heavy (non-hydrogen) atoms. The predicted octanol–water partition coefficient (Wildman–Crippen LogP) is 2.61. The van der Waals surface area contributed by atoms with Gasteiger partial charge < -0.3 is 0 Å². The number of hydrogen-bond acceptors (Lipinski definition) is 1. The van der Waals surface area contributed by atoms with Crippen LogP contribution in [0.3, 0.4) is 0 Å². The van der Waals surface area contributed by atoms with E-state index in [4.69, 9.17) is 0 Å². The highest BCUT2D eigenvalue weighted by atomic mass is 31.1. The summed E-state index contributed by atoms with van der Waals surface area (Å²) in [7, 11) is 0.422. The van der Waals surface area contributed by atoms with Crippen LogP contribution in [0.5, 0.6) is 0 Å². The van der Waals surface area contributed by atoms with Gasteiger partial charge in [0.25, 0.3) is 0 Å². The van der Waals surface area contributed by atoms with Crippen molar-refractivity contribution >= 4 is 8.46 Å². The lowest BCUT2D eigenvalue weighted by Crippen LogP contribution is -2.12. The Bertz CT molecular complexity index is 136. The number of rotatable bonds is 1. The first kappa shape index (κ1) is 5.85. The zero-order valence-electron chi connectivity index (χ0n) is 5.47. The van der Waals surface area contributed by atoms with Gasteiger partial charge in [-0.25, -0.2) is 0 Å². The molecule has 0 spiro atoms. The summed E-state index contributed by atoms with van der Waals surface area (Å²) in [5, 5.41) is 0.269. The Kier molecular flexibility index (Phi) is 1.16. The first-order chi connectivity index (χ1) is 4.35. The molecule has 50 valence electrons. The highest BCUT2D eigenvalue weighted by molar-refractivity contribution is 7.26. The molecule has 0 amide bonds. The number of hydrogen-bond donors (Lipinski definition) is 0. The van der Waals surface area contributed by atoms with Crippen molar-refractivity contribution in [2.24, 2.45) is 5.92 Å². The molecule has 0 N–H and O–H groups in total. The van der Waals surface area contributed by atoms with Gasteiger partial charge in [-0.1, -0.05) is 0 Å². The van der Waals surface area contributed by atoms with Crippen LogP contribution in [0, 0.1) is 5.92 Å². The summed E-state index contributed by atoms with van der Waals surface area (Å²) in [6.07, 6.45) is 6.38. The third kappa shape index (κ3) is 0.746. The van der Waals surface area contributed by atoms with Crippen molar-refractivity contribution in [3.05, 3.63) is 0 Å². The highest BCUT2D eigenvalue weighted by Crippen LogP contribution is 2.54. The SMILES string of the molecule is O=PC12CCC(CC1)C2. The lowest BCUT2D eigenvalue weighted by Gasteiger charge is -2.15. The average molecular weight is 142 g/mol. The molecule has 1 nitrogen and oxygen atoms in total. The Labute approximate surface area is 57.0 Å². The van der Waals surface area contributed by atoms with Gasteiger partial charge in [0.15, 0.2) is 8.46 Å². The average Bonchev–Trinajstić information content (AvgIpc) is 2.46. The summed E-state index contributed by atoms with van der Waals surface area (Å²) < 4.78 is 10.7. The minimum Gasteiger partial charge on any atom is -0.274 e. The first-order valence-corrected chi connectivity index (χ1v) is 4.50. The Balaban J connectivity index is 2.21. The molecule has 2 saturated carbocycles. The normalized spacial score (nSPS) is 48.7. The second kappa shape index (κ2) is 1.79. The molecule has 0 aromatic carbocycles.